The van der Waals surface area contributed by atoms with Crippen LogP contribution >= 0.6 is 0 Å². The van der Waals surface area contributed by atoms with Crippen molar-refractivity contribution < 1.29 is 93.9 Å². The number of carboxylic acid groups (broad SMARTS) is 1. The molecule has 0 atom stereocenters. The van der Waals surface area contributed by atoms with Crippen LogP contribution in [-0.4, -0.2) is 36.0 Å². The second-order valence-corrected chi connectivity index (χ2v) is 9.46. The first-order valence-electron chi connectivity index (χ1n) is 12.9. The second kappa shape index (κ2) is 13.8. The fourth-order valence-corrected chi connectivity index (χ4v) is 4.23. The number of benzene rings is 3. The molecule has 1 saturated carbocycles. The Morgan fingerprint density at radius 3 is 2.14 bits per heavy atom. The molecule has 0 spiro atoms. The first-order chi connectivity index (χ1) is 20.2. The van der Waals surface area contributed by atoms with Gasteiger partial charge in [-0.25, -0.2) is 8.78 Å². The molecule has 0 saturated heterocycles. The number of aliphatic carboxylic acids is 1. The predicted octanol–water partition coefficient (Wildman–Crippen LogP) is 1.19. The first-order valence-corrected chi connectivity index (χ1v) is 12.9. The molecular weight excluding hydrogens is 591 g/mol. The normalized spacial score (nSPS) is 12.9. The van der Waals surface area contributed by atoms with Crippen LogP contribution in [0, 0.1) is 17.0 Å². The van der Waals surface area contributed by atoms with Gasteiger partial charge in [0, 0.05) is 35.1 Å². The second-order valence-electron chi connectivity index (χ2n) is 9.46. The number of carboxylic acids is 1. The number of hydrogen-bond acceptors (Lipinski definition) is 8. The number of halogens is 2. The average molecular weight is 616 g/mol. The van der Waals surface area contributed by atoms with E-state index in [0.29, 0.717) is 29.4 Å². The van der Waals surface area contributed by atoms with Crippen molar-refractivity contribution in [3.8, 4) is 23.0 Å². The quantitative estimate of drug-likeness (QED) is 0.190. The topological polar surface area (TPSA) is 139 Å². The summed E-state index contributed by atoms with van der Waals surface area (Å²) in [6.45, 7) is 1.32. The molecule has 1 aliphatic rings. The predicted molar refractivity (Wildman–Crippen MR) is 145 cm³/mol. The number of ether oxygens (including phenoxy) is 3. The SMILES string of the molecule is CCOc1cc2c(Oc3ccc(NC(=O)C4(C(=O)Nc5ccc(F)cc5)CC4)cc3F)ccnc2cc1OCC(=O)[O-].[K+]. The number of nitrogens with one attached hydrogen (secondary N) is 2. The van der Waals surface area contributed by atoms with Crippen LogP contribution in [0.4, 0.5) is 20.2 Å². The fourth-order valence-electron chi connectivity index (χ4n) is 4.23. The van der Waals surface area contributed by atoms with E-state index >= 15 is 4.39 Å². The molecule has 1 heterocycles. The molecule has 216 valence electrons. The van der Waals surface area contributed by atoms with E-state index in [-0.39, 0.29) is 86.7 Å². The Morgan fingerprint density at radius 2 is 1.51 bits per heavy atom. The molecule has 5 rings (SSSR count). The van der Waals surface area contributed by atoms with E-state index < -0.39 is 41.4 Å². The van der Waals surface area contributed by atoms with Crippen molar-refractivity contribution in [1.82, 2.24) is 4.98 Å². The van der Waals surface area contributed by atoms with Crippen molar-refractivity contribution in [2.45, 2.75) is 19.8 Å². The van der Waals surface area contributed by atoms with Crippen molar-refractivity contribution in [3.05, 3.63) is 78.5 Å². The number of aromatic nitrogens is 1. The summed E-state index contributed by atoms with van der Waals surface area (Å²) in [7, 11) is 0. The Bertz CT molecular complexity index is 1680. The number of pyridine rings is 1. The molecule has 10 nitrogen and oxygen atoms in total. The molecule has 0 aliphatic heterocycles. The number of amides is 2. The van der Waals surface area contributed by atoms with Gasteiger partial charge in [0.25, 0.3) is 0 Å². The standard InChI is InChI=1S/C30H25F2N3O7.K/c1-2-40-25-14-20-22(15-26(25)41-16-27(36)37)33-12-9-23(20)42-24-8-7-19(13-21(24)32)35-29(39)30(10-11-30)28(38)34-18-5-3-17(31)4-6-18;/h3-9,12-15H,2,10-11,16H2,1H3,(H,34,38)(H,35,39)(H,36,37);/q;+1/p-1. The van der Waals surface area contributed by atoms with Gasteiger partial charge in [0.15, 0.2) is 23.1 Å². The van der Waals surface area contributed by atoms with Crippen molar-refractivity contribution in [1.29, 1.82) is 0 Å². The third-order valence-electron chi connectivity index (χ3n) is 6.54. The molecule has 2 N–H and O–H groups in total. The molecule has 1 aliphatic carbocycles. The summed E-state index contributed by atoms with van der Waals surface area (Å²) in [5.74, 6) is -3.29. The van der Waals surface area contributed by atoms with E-state index in [0.717, 1.165) is 6.07 Å². The molecule has 4 aromatic rings. The third kappa shape index (κ3) is 7.48. The minimum Gasteiger partial charge on any atom is -0.546 e. The Kier molecular flexibility index (Phi) is 10.3. The zero-order chi connectivity index (χ0) is 29.9. The summed E-state index contributed by atoms with van der Waals surface area (Å²) >= 11 is 0. The van der Waals surface area contributed by atoms with Crippen LogP contribution in [0.5, 0.6) is 23.0 Å². The number of carbonyl (C=O) groups excluding carboxylic acids is 3. The van der Waals surface area contributed by atoms with Crippen LogP contribution in [0.25, 0.3) is 10.9 Å². The number of rotatable bonds is 11. The maximum Gasteiger partial charge on any atom is 1.00 e. The zero-order valence-electron chi connectivity index (χ0n) is 23.2. The van der Waals surface area contributed by atoms with E-state index in [1.807, 2.05) is 0 Å². The monoisotopic (exact) mass is 615 g/mol. The van der Waals surface area contributed by atoms with Gasteiger partial charge in [0.1, 0.15) is 23.6 Å². The van der Waals surface area contributed by atoms with Crippen LogP contribution in [0.1, 0.15) is 19.8 Å². The molecule has 3 aromatic carbocycles. The minimum absolute atomic E-state index is 0. The number of fused-ring (bicyclic) bond motifs is 1. The van der Waals surface area contributed by atoms with Gasteiger partial charge in [-0.05, 0) is 68.3 Å². The average Bonchev–Trinajstić information content (AvgIpc) is 3.77. The summed E-state index contributed by atoms with van der Waals surface area (Å²) in [4.78, 5) is 40.8. The van der Waals surface area contributed by atoms with Gasteiger partial charge >= 0.3 is 51.4 Å². The zero-order valence-corrected chi connectivity index (χ0v) is 26.4. The van der Waals surface area contributed by atoms with Crippen LogP contribution in [0.3, 0.4) is 0 Å². The van der Waals surface area contributed by atoms with Crippen molar-refractivity contribution in [2.24, 2.45) is 5.41 Å². The molecule has 13 heteroatoms. The van der Waals surface area contributed by atoms with Gasteiger partial charge in [-0.3, -0.25) is 14.6 Å². The summed E-state index contributed by atoms with van der Waals surface area (Å²) in [6, 6.07) is 13.6. The van der Waals surface area contributed by atoms with Gasteiger partial charge in [-0.2, -0.15) is 0 Å². The van der Waals surface area contributed by atoms with Crippen LogP contribution in [0.2, 0.25) is 0 Å². The summed E-state index contributed by atoms with van der Waals surface area (Å²) in [6.07, 6.45) is 2.06. The number of nitrogens with zero attached hydrogens (tertiary/aromatic N) is 1. The third-order valence-corrected chi connectivity index (χ3v) is 6.54. The molecule has 2 amide bonds. The number of carbonyl (C=O) groups is 3. The van der Waals surface area contributed by atoms with E-state index in [9.17, 15) is 23.9 Å². The first kappa shape index (κ1) is 32.3. The minimum atomic E-state index is -1.40. The van der Waals surface area contributed by atoms with Gasteiger partial charge in [-0.1, -0.05) is 0 Å². The van der Waals surface area contributed by atoms with Crippen molar-refractivity contribution in [3.63, 3.8) is 0 Å². The summed E-state index contributed by atoms with van der Waals surface area (Å²) in [5.41, 5.74) is -0.454. The van der Waals surface area contributed by atoms with E-state index in [1.165, 1.54) is 54.7 Å². The Hall–Kier alpha value is -3.62. The number of anilines is 2. The molecule has 0 unspecified atom stereocenters. The maximum absolute atomic E-state index is 15.1. The smallest absolute Gasteiger partial charge is 0.546 e. The van der Waals surface area contributed by atoms with Crippen LogP contribution < -0.4 is 81.3 Å². The van der Waals surface area contributed by atoms with E-state index in [1.54, 1.807) is 13.0 Å². The van der Waals surface area contributed by atoms with Crippen molar-refractivity contribution in [2.75, 3.05) is 23.8 Å². The molecule has 43 heavy (non-hydrogen) atoms. The van der Waals surface area contributed by atoms with Crippen LogP contribution in [0.15, 0.2) is 66.9 Å². The van der Waals surface area contributed by atoms with Gasteiger partial charge in [0.05, 0.1) is 18.1 Å². The Balaban J connectivity index is 0.00000423. The van der Waals surface area contributed by atoms with E-state index in [4.69, 9.17) is 14.2 Å². The van der Waals surface area contributed by atoms with Gasteiger partial charge in [-0.15, -0.1) is 0 Å². The molecular formula is C30H24F2KN3O7. The van der Waals surface area contributed by atoms with Crippen LogP contribution in [-0.2, 0) is 14.4 Å². The molecule has 1 aromatic heterocycles. The summed E-state index contributed by atoms with van der Waals surface area (Å²) in [5, 5.41) is 16.5. The fraction of sp³-hybridized carbons (Fsp3) is 0.200. The maximum atomic E-state index is 15.1. The number of hydrogen-bond donors (Lipinski definition) is 2. The largest absolute Gasteiger partial charge is 1.00 e. The summed E-state index contributed by atoms with van der Waals surface area (Å²) < 4.78 is 44.9. The van der Waals surface area contributed by atoms with Gasteiger partial charge < -0.3 is 34.7 Å². The van der Waals surface area contributed by atoms with E-state index in [2.05, 4.69) is 15.6 Å². The Morgan fingerprint density at radius 1 is 0.860 bits per heavy atom. The van der Waals surface area contributed by atoms with Crippen molar-refractivity contribution >= 4 is 40.1 Å². The molecule has 0 bridgehead atoms. The molecule has 1 fully saturated rings. The Labute approximate surface area is 287 Å². The molecule has 0 radical (unpaired) electrons. The van der Waals surface area contributed by atoms with Gasteiger partial charge in [0.2, 0.25) is 11.8 Å².